The Balaban J connectivity index is 1.50. The van der Waals surface area contributed by atoms with Crippen LogP contribution in [0.5, 0.6) is 17.2 Å². The van der Waals surface area contributed by atoms with Gasteiger partial charge in [0.1, 0.15) is 17.2 Å². The molecule has 0 heterocycles. The molecule has 2 aromatic carbocycles. The number of Topliss-reactive ketones (excluding diaryl/α,β-unsaturated/α-hetero) is 1. The first-order valence-corrected chi connectivity index (χ1v) is 18.6. The predicted molar refractivity (Wildman–Crippen MR) is 228 cm³/mol. The molecule has 0 radical (unpaired) electrons. The average molecular weight is 755 g/mol. The second-order valence-corrected chi connectivity index (χ2v) is 14.4. The van der Waals surface area contributed by atoms with Crippen LogP contribution < -0.4 is 4.74 Å². The molecule has 292 valence electrons. The number of rotatable bonds is 16. The molecule has 2 aromatic rings. The molecule has 0 bridgehead atoms. The highest BCUT2D eigenvalue weighted by Gasteiger charge is 2.39. The highest BCUT2D eigenvalue weighted by molar-refractivity contribution is 6.01. The fourth-order valence-corrected chi connectivity index (χ4v) is 5.72. The van der Waals surface area contributed by atoms with E-state index in [-0.39, 0.29) is 30.1 Å². The van der Waals surface area contributed by atoms with E-state index in [9.17, 15) is 24.6 Å². The van der Waals surface area contributed by atoms with Crippen molar-refractivity contribution in [3.8, 4) is 17.2 Å². The molecule has 56 heavy (non-hydrogen) atoms. The molecular weight excluding hydrogens is 701 g/mol. The molecule has 2 N–H and O–H groups in total. The minimum atomic E-state index is -0.932. The fraction of sp³-hybridized carbons (Fsp3) is 0.245. The lowest BCUT2D eigenvalue weighted by atomic mass is 9.71. The lowest BCUT2D eigenvalue weighted by Crippen LogP contribution is -2.39. The second kappa shape index (κ2) is 21.6. The van der Waals surface area contributed by atoms with E-state index >= 15 is 0 Å². The van der Waals surface area contributed by atoms with Crippen LogP contribution >= 0.6 is 0 Å². The zero-order chi connectivity index (χ0) is 41.3. The maximum atomic E-state index is 13.3. The van der Waals surface area contributed by atoms with Gasteiger partial charge >= 0.3 is 11.9 Å². The van der Waals surface area contributed by atoms with Crippen molar-refractivity contribution in [3.63, 3.8) is 0 Å². The molecule has 0 fully saturated rings. The van der Waals surface area contributed by atoms with Gasteiger partial charge in [-0.05, 0) is 86.6 Å². The van der Waals surface area contributed by atoms with E-state index in [1.54, 1.807) is 43.3 Å². The normalized spacial score (nSPS) is 17.3. The molecule has 1 aliphatic carbocycles. The van der Waals surface area contributed by atoms with Crippen molar-refractivity contribution in [1.82, 2.24) is 0 Å². The summed E-state index contributed by atoms with van der Waals surface area (Å²) in [5.41, 5.74) is 6.79. The Morgan fingerprint density at radius 3 is 1.84 bits per heavy atom. The van der Waals surface area contributed by atoms with E-state index in [2.05, 4.69) is 25.7 Å². The molecular formula is C49H54O7. The van der Waals surface area contributed by atoms with E-state index in [1.165, 1.54) is 18.2 Å². The summed E-state index contributed by atoms with van der Waals surface area (Å²) in [6.45, 7) is 17.6. The molecule has 1 aliphatic rings. The lowest BCUT2D eigenvalue weighted by molar-refractivity contribution is -0.157. The topological polar surface area (TPSA) is 110 Å². The Bertz CT molecular complexity index is 2050. The van der Waals surface area contributed by atoms with Crippen LogP contribution in [0.2, 0.25) is 0 Å². The summed E-state index contributed by atoms with van der Waals surface area (Å²) >= 11 is 0. The van der Waals surface area contributed by atoms with Crippen LogP contribution in [0, 0.1) is 5.41 Å². The Hall–Kier alpha value is -6.21. The molecule has 3 rings (SSSR count). The van der Waals surface area contributed by atoms with Gasteiger partial charge in [-0.25, -0.2) is 0 Å². The van der Waals surface area contributed by atoms with Crippen molar-refractivity contribution < 1.29 is 34.1 Å². The van der Waals surface area contributed by atoms with Gasteiger partial charge in [-0.15, -0.1) is 0 Å². The van der Waals surface area contributed by atoms with E-state index in [0.717, 1.165) is 33.4 Å². The Morgan fingerprint density at radius 1 is 0.732 bits per heavy atom. The molecule has 0 aliphatic heterocycles. The predicted octanol–water partition coefficient (Wildman–Crippen LogP) is 11.4. The minimum absolute atomic E-state index is 0.0431. The van der Waals surface area contributed by atoms with Gasteiger partial charge < -0.3 is 19.7 Å². The van der Waals surface area contributed by atoms with Gasteiger partial charge in [-0.2, -0.15) is 0 Å². The van der Waals surface area contributed by atoms with E-state index in [0.29, 0.717) is 23.3 Å². The number of carbonyl (C=O) groups is 3. The third-order valence-electron chi connectivity index (χ3n) is 8.90. The van der Waals surface area contributed by atoms with Crippen molar-refractivity contribution in [2.45, 2.75) is 73.8 Å². The van der Waals surface area contributed by atoms with Gasteiger partial charge in [0.2, 0.25) is 0 Å². The number of phenols is 2. The zero-order valence-electron chi connectivity index (χ0n) is 33.5. The summed E-state index contributed by atoms with van der Waals surface area (Å²) in [7, 11) is 0. The molecule has 0 spiro atoms. The summed E-state index contributed by atoms with van der Waals surface area (Å²) in [5.74, 6) is -1.26. The lowest BCUT2D eigenvalue weighted by Gasteiger charge is -2.36. The Kier molecular flexibility index (Phi) is 17.1. The van der Waals surface area contributed by atoms with E-state index in [1.807, 2.05) is 101 Å². The highest BCUT2D eigenvalue weighted by atomic mass is 16.6. The number of hydrogen-bond donors (Lipinski definition) is 2. The van der Waals surface area contributed by atoms with Crippen LogP contribution in [0.1, 0.15) is 78.9 Å². The van der Waals surface area contributed by atoms with Gasteiger partial charge in [0.15, 0.2) is 11.9 Å². The third-order valence-corrected chi connectivity index (χ3v) is 8.90. The number of benzene rings is 2. The molecule has 1 atom stereocenters. The number of carbonyl (C=O) groups excluding carboxylic acids is 3. The van der Waals surface area contributed by atoms with E-state index in [4.69, 9.17) is 9.47 Å². The first-order valence-electron chi connectivity index (χ1n) is 18.6. The van der Waals surface area contributed by atoms with Crippen LogP contribution in [0.25, 0.3) is 12.2 Å². The Morgan fingerprint density at radius 2 is 1.25 bits per heavy atom. The first kappa shape index (κ1) is 44.2. The van der Waals surface area contributed by atoms with Gasteiger partial charge in [0, 0.05) is 12.5 Å². The molecule has 0 amide bonds. The number of aromatic hydroxyl groups is 2. The number of ketones is 1. The molecule has 1 unspecified atom stereocenters. The smallest absolute Gasteiger partial charge is 0.311 e. The number of ether oxygens (including phenoxy) is 2. The number of esters is 2. The number of hydrogen-bond acceptors (Lipinski definition) is 7. The summed E-state index contributed by atoms with van der Waals surface area (Å²) in [5, 5.41) is 19.3. The van der Waals surface area contributed by atoms with Gasteiger partial charge in [-0.1, -0.05) is 146 Å². The monoisotopic (exact) mass is 754 g/mol. The van der Waals surface area contributed by atoms with Gasteiger partial charge in [-0.3, -0.25) is 14.4 Å². The van der Waals surface area contributed by atoms with Crippen molar-refractivity contribution >= 4 is 29.9 Å². The van der Waals surface area contributed by atoms with Gasteiger partial charge in [0.25, 0.3) is 0 Å². The second-order valence-electron chi connectivity index (χ2n) is 14.4. The van der Waals surface area contributed by atoms with Crippen molar-refractivity contribution in [2.24, 2.45) is 5.41 Å². The summed E-state index contributed by atoms with van der Waals surface area (Å²) in [6, 6.07) is 11.0. The fourth-order valence-electron chi connectivity index (χ4n) is 5.72. The zero-order valence-corrected chi connectivity index (χ0v) is 33.5. The molecule has 7 heteroatoms. The quantitative estimate of drug-likeness (QED) is 0.0760. The first-order chi connectivity index (χ1) is 26.6. The maximum absolute atomic E-state index is 13.3. The summed E-state index contributed by atoms with van der Waals surface area (Å²) < 4.78 is 11.0. The van der Waals surface area contributed by atoms with Crippen LogP contribution in [-0.4, -0.2) is 34.0 Å². The summed E-state index contributed by atoms with van der Waals surface area (Å²) in [4.78, 5) is 38.5. The van der Waals surface area contributed by atoms with Crippen LogP contribution in [0.4, 0.5) is 0 Å². The molecule has 0 saturated carbocycles. The standard InChI is InChI=1S/C49H54O7/c1-9-34(2)16-12-17-35(3)14-10-11-15-36(4)18-13-19-37(5)20-27-44-38(6)48(54)45(33-49(44,7)8)56-47(53)29-28-46(52)55-43-25-23-39(24-26-43)21-22-40-30-41(50)32-42(51)31-40/h9-27,30-32,45,50-51H,1,28-29,33H2,2-8H3. The van der Waals surface area contributed by atoms with Crippen LogP contribution in [0.3, 0.4) is 0 Å². The highest BCUT2D eigenvalue weighted by Crippen LogP contribution is 2.41. The van der Waals surface area contributed by atoms with Crippen molar-refractivity contribution in [1.29, 1.82) is 0 Å². The summed E-state index contributed by atoms with van der Waals surface area (Å²) in [6.07, 6.45) is 28.5. The number of phenolic OH excluding ortho intramolecular Hbond substituents is 2. The van der Waals surface area contributed by atoms with Crippen LogP contribution in [-0.2, 0) is 19.1 Å². The largest absolute Gasteiger partial charge is 0.508 e. The van der Waals surface area contributed by atoms with Crippen molar-refractivity contribution in [3.05, 3.63) is 173 Å². The van der Waals surface area contributed by atoms with Crippen LogP contribution in [0.15, 0.2) is 161 Å². The SMILES string of the molecule is C=CC(C)=CC=CC(C)=CC=CC=C(C)C=CC=C(C)C=CC1=C(C)C(=O)C(OC(=O)CCC(=O)Oc2ccc(C=Cc3cc(O)cc(O)c3)cc2)CC1(C)C. The molecule has 7 nitrogen and oxygen atoms in total. The third kappa shape index (κ3) is 15.3. The molecule has 0 aromatic heterocycles. The van der Waals surface area contributed by atoms with E-state index < -0.39 is 23.5 Å². The van der Waals surface area contributed by atoms with Crippen molar-refractivity contribution in [2.75, 3.05) is 0 Å². The average Bonchev–Trinajstić information content (AvgIpc) is 3.13. The maximum Gasteiger partial charge on any atom is 0.311 e. The number of allylic oxidation sites excluding steroid dienone is 18. The van der Waals surface area contributed by atoms with Gasteiger partial charge in [0.05, 0.1) is 12.8 Å². The molecule has 0 saturated heterocycles. The Labute approximate surface area is 332 Å². The minimum Gasteiger partial charge on any atom is -0.508 e.